The molecule has 1 heterocycles. The van der Waals surface area contributed by atoms with Crippen molar-refractivity contribution in [2.24, 2.45) is 0 Å². The van der Waals surface area contributed by atoms with Gasteiger partial charge in [-0.05, 0) is 5.56 Å². The predicted molar refractivity (Wildman–Crippen MR) is 64.0 cm³/mol. The molecule has 0 spiro atoms. The van der Waals surface area contributed by atoms with Gasteiger partial charge in [0, 0.05) is 18.9 Å². The first-order valence-corrected chi connectivity index (χ1v) is 5.53. The van der Waals surface area contributed by atoms with Gasteiger partial charge in [0.15, 0.2) is 5.69 Å². The van der Waals surface area contributed by atoms with Gasteiger partial charge in [-0.2, -0.15) is 0 Å². The van der Waals surface area contributed by atoms with Crippen LogP contribution in [0.2, 0.25) is 0 Å². The summed E-state index contributed by atoms with van der Waals surface area (Å²) in [5, 5.41) is 13.4. The summed E-state index contributed by atoms with van der Waals surface area (Å²) in [5.41, 5.74) is 0.182. The predicted octanol–water partition coefficient (Wildman–Crippen LogP) is -0.230. The molecule has 0 fully saturated rings. The SMILES string of the molecule is O=C([O-])c1nccnc1C(=O)NCc1ccccc1. The quantitative estimate of drug-likeness (QED) is 0.815. The lowest BCUT2D eigenvalue weighted by Crippen LogP contribution is -2.31. The number of nitrogens with zero attached hydrogens (tertiary/aromatic N) is 2. The van der Waals surface area contributed by atoms with E-state index in [1.807, 2.05) is 30.3 Å². The molecule has 1 aromatic heterocycles. The summed E-state index contributed by atoms with van der Waals surface area (Å²) < 4.78 is 0. The molecule has 6 nitrogen and oxygen atoms in total. The van der Waals surface area contributed by atoms with Crippen LogP contribution >= 0.6 is 0 Å². The van der Waals surface area contributed by atoms with Crippen molar-refractivity contribution in [3.8, 4) is 0 Å². The first-order chi connectivity index (χ1) is 9.18. The van der Waals surface area contributed by atoms with Crippen LogP contribution < -0.4 is 10.4 Å². The van der Waals surface area contributed by atoms with Crippen LogP contribution in [0.15, 0.2) is 42.7 Å². The zero-order valence-corrected chi connectivity index (χ0v) is 9.87. The van der Waals surface area contributed by atoms with E-state index in [1.54, 1.807) is 0 Å². The Morgan fingerprint density at radius 2 is 1.68 bits per heavy atom. The average molecular weight is 256 g/mol. The molecule has 19 heavy (non-hydrogen) atoms. The Morgan fingerprint density at radius 1 is 1.05 bits per heavy atom. The monoisotopic (exact) mass is 256 g/mol. The number of carboxylic acids is 1. The molecular weight excluding hydrogens is 246 g/mol. The Bertz CT molecular complexity index is 599. The highest BCUT2D eigenvalue weighted by atomic mass is 16.4. The number of hydrogen-bond acceptors (Lipinski definition) is 5. The molecule has 0 atom stereocenters. The molecule has 0 aliphatic rings. The third-order valence-electron chi connectivity index (χ3n) is 2.40. The van der Waals surface area contributed by atoms with E-state index in [2.05, 4.69) is 15.3 Å². The number of rotatable bonds is 4. The fraction of sp³-hybridized carbons (Fsp3) is 0.0769. The van der Waals surface area contributed by atoms with E-state index in [9.17, 15) is 14.7 Å². The van der Waals surface area contributed by atoms with Gasteiger partial charge in [-0.3, -0.25) is 9.78 Å². The molecule has 0 aliphatic heterocycles. The number of carbonyl (C=O) groups excluding carboxylic acids is 2. The van der Waals surface area contributed by atoms with Gasteiger partial charge in [-0.15, -0.1) is 0 Å². The third kappa shape index (κ3) is 3.12. The zero-order valence-electron chi connectivity index (χ0n) is 9.87. The van der Waals surface area contributed by atoms with Crippen LogP contribution in [0.25, 0.3) is 0 Å². The number of hydrogen-bond donors (Lipinski definition) is 1. The number of aromatic carboxylic acids is 1. The van der Waals surface area contributed by atoms with Gasteiger partial charge >= 0.3 is 0 Å². The first kappa shape index (κ1) is 12.7. The third-order valence-corrected chi connectivity index (χ3v) is 2.40. The number of benzene rings is 1. The van der Waals surface area contributed by atoms with Crippen molar-refractivity contribution in [3.05, 3.63) is 59.7 Å². The van der Waals surface area contributed by atoms with Crippen LogP contribution in [0, 0.1) is 0 Å². The lowest BCUT2D eigenvalue weighted by molar-refractivity contribution is -0.255. The van der Waals surface area contributed by atoms with Crippen molar-refractivity contribution in [1.29, 1.82) is 0 Å². The van der Waals surface area contributed by atoms with Crippen molar-refractivity contribution in [2.45, 2.75) is 6.54 Å². The van der Waals surface area contributed by atoms with Gasteiger partial charge in [0.25, 0.3) is 5.91 Å². The summed E-state index contributed by atoms with van der Waals surface area (Å²) in [6, 6.07) is 9.24. The Morgan fingerprint density at radius 3 is 2.32 bits per heavy atom. The highest BCUT2D eigenvalue weighted by Crippen LogP contribution is 2.02. The zero-order chi connectivity index (χ0) is 13.7. The van der Waals surface area contributed by atoms with E-state index in [0.29, 0.717) is 0 Å². The van der Waals surface area contributed by atoms with Crippen molar-refractivity contribution in [3.63, 3.8) is 0 Å². The average Bonchev–Trinajstić information content (AvgIpc) is 2.46. The maximum Gasteiger partial charge on any atom is 0.272 e. The summed E-state index contributed by atoms with van der Waals surface area (Å²) in [7, 11) is 0. The molecule has 0 aliphatic carbocycles. The van der Waals surface area contributed by atoms with Gasteiger partial charge in [0.2, 0.25) is 0 Å². The minimum atomic E-state index is -1.53. The lowest BCUT2D eigenvalue weighted by atomic mass is 10.2. The molecule has 2 rings (SSSR count). The number of nitrogens with one attached hydrogen (secondary N) is 1. The van der Waals surface area contributed by atoms with E-state index in [-0.39, 0.29) is 12.2 Å². The van der Waals surface area contributed by atoms with E-state index < -0.39 is 17.6 Å². The highest BCUT2D eigenvalue weighted by Gasteiger charge is 2.14. The Balaban J connectivity index is 2.10. The fourth-order valence-electron chi connectivity index (χ4n) is 1.52. The van der Waals surface area contributed by atoms with Crippen LogP contribution in [0.3, 0.4) is 0 Å². The molecule has 0 unspecified atom stereocenters. The van der Waals surface area contributed by atoms with E-state index in [0.717, 1.165) is 5.56 Å². The highest BCUT2D eigenvalue weighted by molar-refractivity contribution is 6.01. The van der Waals surface area contributed by atoms with E-state index >= 15 is 0 Å². The summed E-state index contributed by atoms with van der Waals surface area (Å²) in [6.07, 6.45) is 2.45. The topological polar surface area (TPSA) is 95.0 Å². The molecule has 96 valence electrons. The molecule has 1 amide bonds. The Hall–Kier alpha value is -2.76. The lowest BCUT2D eigenvalue weighted by Gasteiger charge is -2.08. The van der Waals surface area contributed by atoms with E-state index in [1.165, 1.54) is 12.4 Å². The maximum atomic E-state index is 11.8. The minimum absolute atomic E-state index is 0.251. The van der Waals surface area contributed by atoms with Crippen LogP contribution in [0.1, 0.15) is 26.5 Å². The second kappa shape index (κ2) is 5.72. The summed E-state index contributed by atoms with van der Waals surface area (Å²) in [6.45, 7) is 0.280. The normalized spacial score (nSPS) is 9.89. The molecular formula is C13H10N3O3-. The van der Waals surface area contributed by atoms with Gasteiger partial charge in [0.05, 0.1) is 5.97 Å². The summed E-state index contributed by atoms with van der Waals surface area (Å²) >= 11 is 0. The molecule has 2 aromatic rings. The molecule has 0 saturated carbocycles. The fourth-order valence-corrected chi connectivity index (χ4v) is 1.52. The maximum absolute atomic E-state index is 11.8. The molecule has 0 saturated heterocycles. The molecule has 0 radical (unpaired) electrons. The molecule has 6 heteroatoms. The van der Waals surface area contributed by atoms with Crippen molar-refractivity contribution >= 4 is 11.9 Å². The number of amides is 1. The minimum Gasteiger partial charge on any atom is -0.543 e. The summed E-state index contributed by atoms with van der Waals surface area (Å²) in [4.78, 5) is 29.9. The Labute approximate surface area is 109 Å². The van der Waals surface area contributed by atoms with Gasteiger partial charge in [0.1, 0.15) is 5.69 Å². The second-order valence-corrected chi connectivity index (χ2v) is 3.71. The molecule has 1 N–H and O–H groups in total. The van der Waals surface area contributed by atoms with Crippen LogP contribution in [-0.2, 0) is 6.54 Å². The van der Waals surface area contributed by atoms with Crippen molar-refractivity contribution in [2.75, 3.05) is 0 Å². The van der Waals surface area contributed by atoms with Gasteiger partial charge < -0.3 is 15.2 Å². The number of aromatic nitrogens is 2. The second-order valence-electron chi connectivity index (χ2n) is 3.71. The van der Waals surface area contributed by atoms with Crippen LogP contribution in [0.4, 0.5) is 0 Å². The Kier molecular flexibility index (Phi) is 3.82. The first-order valence-electron chi connectivity index (χ1n) is 5.53. The standard InChI is InChI=1S/C13H11N3O3/c17-12(16-8-9-4-2-1-3-5-9)10-11(13(18)19)15-7-6-14-10/h1-7H,8H2,(H,16,17)(H,18,19)/p-1. The van der Waals surface area contributed by atoms with Crippen molar-refractivity contribution < 1.29 is 14.7 Å². The van der Waals surface area contributed by atoms with Crippen molar-refractivity contribution in [1.82, 2.24) is 15.3 Å². The van der Waals surface area contributed by atoms with Gasteiger partial charge in [-0.25, -0.2) is 4.98 Å². The van der Waals surface area contributed by atoms with Gasteiger partial charge in [-0.1, -0.05) is 30.3 Å². The largest absolute Gasteiger partial charge is 0.543 e. The van der Waals surface area contributed by atoms with Crippen LogP contribution in [-0.4, -0.2) is 21.8 Å². The number of carboxylic acid groups (broad SMARTS) is 1. The van der Waals surface area contributed by atoms with E-state index in [4.69, 9.17) is 0 Å². The molecule has 0 bridgehead atoms. The number of carbonyl (C=O) groups is 2. The molecule has 1 aromatic carbocycles. The smallest absolute Gasteiger partial charge is 0.272 e. The summed E-state index contributed by atoms with van der Waals surface area (Å²) in [5.74, 6) is -2.13. The van der Waals surface area contributed by atoms with Crippen LogP contribution in [0.5, 0.6) is 0 Å².